The molecule has 1 aromatic heterocycles. The summed E-state index contributed by atoms with van der Waals surface area (Å²) < 4.78 is 0. The molecule has 1 aliphatic rings. The molecule has 3 rings (SSSR count). The van der Waals surface area contributed by atoms with Gasteiger partial charge in [-0.05, 0) is 12.5 Å². The number of hydrogen-bond acceptors (Lipinski definition) is 2. The SMILES string of the molecule is Clc1c2c(nc3ccccc13)NCC2. The van der Waals surface area contributed by atoms with E-state index in [0.29, 0.717) is 0 Å². The third-order valence-electron chi connectivity index (χ3n) is 2.59. The van der Waals surface area contributed by atoms with Crippen molar-refractivity contribution in [3.05, 3.63) is 34.9 Å². The fourth-order valence-corrected chi connectivity index (χ4v) is 2.24. The molecule has 0 unspecified atom stereocenters. The molecule has 14 heavy (non-hydrogen) atoms. The summed E-state index contributed by atoms with van der Waals surface area (Å²) in [4.78, 5) is 4.52. The van der Waals surface area contributed by atoms with Crippen LogP contribution in [0.2, 0.25) is 5.02 Å². The van der Waals surface area contributed by atoms with Gasteiger partial charge in [-0.3, -0.25) is 0 Å². The summed E-state index contributed by atoms with van der Waals surface area (Å²) >= 11 is 6.31. The van der Waals surface area contributed by atoms with Crippen LogP contribution in [0.25, 0.3) is 10.9 Å². The van der Waals surface area contributed by atoms with E-state index in [1.54, 1.807) is 0 Å². The highest BCUT2D eigenvalue weighted by Gasteiger charge is 2.17. The van der Waals surface area contributed by atoms with Gasteiger partial charge in [0.05, 0.1) is 10.5 Å². The van der Waals surface area contributed by atoms with Crippen molar-refractivity contribution < 1.29 is 0 Å². The topological polar surface area (TPSA) is 24.9 Å². The molecule has 0 radical (unpaired) electrons. The summed E-state index contributed by atoms with van der Waals surface area (Å²) in [5.74, 6) is 0.953. The van der Waals surface area contributed by atoms with Gasteiger partial charge < -0.3 is 5.32 Å². The number of rotatable bonds is 0. The van der Waals surface area contributed by atoms with Crippen LogP contribution in [0.3, 0.4) is 0 Å². The Bertz CT molecular complexity index is 508. The van der Waals surface area contributed by atoms with E-state index >= 15 is 0 Å². The summed E-state index contributed by atoms with van der Waals surface area (Å²) in [5.41, 5.74) is 2.12. The minimum atomic E-state index is 0.857. The number of pyridine rings is 1. The second-order valence-corrected chi connectivity index (χ2v) is 3.82. The molecule has 2 aromatic rings. The zero-order valence-corrected chi connectivity index (χ0v) is 8.30. The standard InChI is InChI=1S/C11H9ClN2/c12-10-7-3-1-2-4-9(7)14-11-8(10)5-6-13-11/h1-4H,5-6H2,(H,13,14). The summed E-state index contributed by atoms with van der Waals surface area (Å²) in [6, 6.07) is 7.97. The Balaban J connectivity index is 2.44. The van der Waals surface area contributed by atoms with E-state index in [-0.39, 0.29) is 0 Å². The van der Waals surface area contributed by atoms with Gasteiger partial charge in [0.2, 0.25) is 0 Å². The van der Waals surface area contributed by atoms with Crippen LogP contribution in [0.15, 0.2) is 24.3 Å². The Morgan fingerprint density at radius 3 is 3.07 bits per heavy atom. The zero-order chi connectivity index (χ0) is 9.54. The number of anilines is 1. The average Bonchev–Trinajstić information content (AvgIpc) is 2.66. The number of nitrogens with zero attached hydrogens (tertiary/aromatic N) is 1. The molecule has 0 amide bonds. The van der Waals surface area contributed by atoms with Crippen molar-refractivity contribution in [3.63, 3.8) is 0 Å². The molecule has 2 nitrogen and oxygen atoms in total. The minimum Gasteiger partial charge on any atom is -0.369 e. The Hall–Kier alpha value is -1.28. The molecular formula is C11H9ClN2. The lowest BCUT2D eigenvalue weighted by Gasteiger charge is -2.05. The van der Waals surface area contributed by atoms with Crippen molar-refractivity contribution in [2.75, 3.05) is 11.9 Å². The second kappa shape index (κ2) is 2.85. The van der Waals surface area contributed by atoms with E-state index in [1.807, 2.05) is 24.3 Å². The maximum Gasteiger partial charge on any atom is 0.131 e. The Morgan fingerprint density at radius 2 is 2.14 bits per heavy atom. The van der Waals surface area contributed by atoms with Gasteiger partial charge in [-0.15, -0.1) is 0 Å². The van der Waals surface area contributed by atoms with E-state index in [0.717, 1.165) is 40.3 Å². The van der Waals surface area contributed by atoms with E-state index < -0.39 is 0 Å². The number of halogens is 1. The monoisotopic (exact) mass is 204 g/mol. The van der Waals surface area contributed by atoms with Crippen LogP contribution in [0, 0.1) is 0 Å². The number of aromatic nitrogens is 1. The van der Waals surface area contributed by atoms with Crippen LogP contribution in [0.1, 0.15) is 5.56 Å². The van der Waals surface area contributed by atoms with Crippen LogP contribution in [-0.4, -0.2) is 11.5 Å². The predicted octanol–water partition coefficient (Wildman–Crippen LogP) is 2.86. The first-order valence-corrected chi connectivity index (χ1v) is 5.05. The van der Waals surface area contributed by atoms with Gasteiger partial charge in [-0.25, -0.2) is 4.98 Å². The largest absolute Gasteiger partial charge is 0.369 e. The number of fused-ring (bicyclic) bond motifs is 2. The molecule has 0 saturated heterocycles. The van der Waals surface area contributed by atoms with Crippen molar-refractivity contribution in [2.45, 2.75) is 6.42 Å². The summed E-state index contributed by atoms with van der Waals surface area (Å²) in [6.45, 7) is 0.943. The molecule has 3 heteroatoms. The molecule has 0 bridgehead atoms. The number of nitrogens with one attached hydrogen (secondary N) is 1. The summed E-state index contributed by atoms with van der Waals surface area (Å²) in [5, 5.41) is 5.15. The highest BCUT2D eigenvalue weighted by atomic mass is 35.5. The molecule has 0 aliphatic carbocycles. The lowest BCUT2D eigenvalue weighted by Crippen LogP contribution is -1.93. The number of benzene rings is 1. The normalized spacial score (nSPS) is 14.1. The van der Waals surface area contributed by atoms with Crippen LogP contribution < -0.4 is 5.32 Å². The number of para-hydroxylation sites is 1. The highest BCUT2D eigenvalue weighted by Crippen LogP contribution is 2.33. The molecule has 70 valence electrons. The van der Waals surface area contributed by atoms with E-state index in [1.165, 1.54) is 0 Å². The molecule has 0 saturated carbocycles. The van der Waals surface area contributed by atoms with Crippen LogP contribution in [-0.2, 0) is 6.42 Å². The van der Waals surface area contributed by atoms with Crippen LogP contribution in [0.5, 0.6) is 0 Å². The third-order valence-corrected chi connectivity index (χ3v) is 3.02. The maximum atomic E-state index is 6.31. The lowest BCUT2D eigenvalue weighted by atomic mass is 10.1. The van der Waals surface area contributed by atoms with Crippen LogP contribution in [0.4, 0.5) is 5.82 Å². The first kappa shape index (κ1) is 8.06. The van der Waals surface area contributed by atoms with E-state index in [4.69, 9.17) is 11.6 Å². The van der Waals surface area contributed by atoms with Crippen molar-refractivity contribution in [1.29, 1.82) is 0 Å². The maximum absolute atomic E-state index is 6.31. The second-order valence-electron chi connectivity index (χ2n) is 3.45. The van der Waals surface area contributed by atoms with Gasteiger partial charge in [0.25, 0.3) is 0 Å². The van der Waals surface area contributed by atoms with Crippen LogP contribution >= 0.6 is 11.6 Å². The Morgan fingerprint density at radius 1 is 1.29 bits per heavy atom. The molecule has 0 fully saturated rings. The van der Waals surface area contributed by atoms with Crippen molar-refractivity contribution in [1.82, 2.24) is 4.98 Å². The van der Waals surface area contributed by atoms with Gasteiger partial charge >= 0.3 is 0 Å². The van der Waals surface area contributed by atoms with Crippen molar-refractivity contribution in [2.24, 2.45) is 0 Å². The van der Waals surface area contributed by atoms with E-state index in [9.17, 15) is 0 Å². The van der Waals surface area contributed by atoms with Crippen molar-refractivity contribution >= 4 is 28.3 Å². The minimum absolute atomic E-state index is 0.857. The first-order valence-electron chi connectivity index (χ1n) is 4.67. The fourth-order valence-electron chi connectivity index (χ4n) is 1.89. The quantitative estimate of drug-likeness (QED) is 0.714. The number of hydrogen-bond donors (Lipinski definition) is 1. The predicted molar refractivity (Wildman–Crippen MR) is 58.9 cm³/mol. The smallest absolute Gasteiger partial charge is 0.131 e. The Labute approximate surface area is 86.9 Å². The molecule has 0 spiro atoms. The molecule has 1 aromatic carbocycles. The first-order chi connectivity index (χ1) is 6.86. The zero-order valence-electron chi connectivity index (χ0n) is 7.55. The van der Waals surface area contributed by atoms with E-state index in [2.05, 4.69) is 10.3 Å². The fraction of sp³-hybridized carbons (Fsp3) is 0.182. The van der Waals surface area contributed by atoms with Gasteiger partial charge in [-0.1, -0.05) is 29.8 Å². The van der Waals surface area contributed by atoms with Gasteiger partial charge in [0, 0.05) is 17.5 Å². The molecular weight excluding hydrogens is 196 g/mol. The highest BCUT2D eigenvalue weighted by molar-refractivity contribution is 6.36. The van der Waals surface area contributed by atoms with Crippen molar-refractivity contribution in [3.8, 4) is 0 Å². The summed E-state index contributed by atoms with van der Waals surface area (Å²) in [6.07, 6.45) is 0.978. The van der Waals surface area contributed by atoms with Gasteiger partial charge in [0.1, 0.15) is 5.82 Å². The van der Waals surface area contributed by atoms with Gasteiger partial charge in [0.15, 0.2) is 0 Å². The molecule has 0 atom stereocenters. The summed E-state index contributed by atoms with van der Waals surface area (Å²) in [7, 11) is 0. The molecule has 1 aliphatic heterocycles. The lowest BCUT2D eigenvalue weighted by molar-refractivity contribution is 1.11. The van der Waals surface area contributed by atoms with Gasteiger partial charge in [-0.2, -0.15) is 0 Å². The Kier molecular flexibility index (Phi) is 1.64. The third kappa shape index (κ3) is 1.01. The molecule has 1 N–H and O–H groups in total. The average molecular weight is 205 g/mol. The molecule has 2 heterocycles.